The fraction of sp³-hybridized carbons (Fsp3) is 0.625. The van der Waals surface area contributed by atoms with E-state index in [2.05, 4.69) is 59.3 Å². The maximum absolute atomic E-state index is 6.21. The molecule has 1 atom stereocenters. The van der Waals surface area contributed by atoms with Crippen LogP contribution >= 0.6 is 34.2 Å². The van der Waals surface area contributed by atoms with Crippen molar-refractivity contribution < 1.29 is 4.43 Å². The number of aromatic nitrogens is 3. The highest BCUT2D eigenvalue weighted by Crippen LogP contribution is 2.42. The first-order valence-electron chi connectivity index (χ1n) is 8.07. The molecular weight excluding hydrogens is 441 g/mol. The molecule has 0 saturated heterocycles. The van der Waals surface area contributed by atoms with E-state index in [1.807, 2.05) is 6.20 Å². The maximum Gasteiger partial charge on any atom is 0.179 e. The highest BCUT2D eigenvalue weighted by molar-refractivity contribution is 14.1. The van der Waals surface area contributed by atoms with E-state index in [1.54, 1.807) is 6.20 Å². The summed E-state index contributed by atoms with van der Waals surface area (Å²) in [6.45, 7) is 10.1. The molecule has 23 heavy (non-hydrogen) atoms. The normalized spacial score (nSPS) is 23.0. The minimum Gasteiger partial charge on any atom is -0.420 e. The fourth-order valence-corrected chi connectivity index (χ4v) is 5.10. The Balaban J connectivity index is 1.63. The van der Waals surface area contributed by atoms with Crippen LogP contribution in [0, 0.1) is 9.62 Å². The number of fused-ring (bicyclic) bond motifs is 1. The molecule has 1 unspecified atom stereocenters. The Kier molecular flexibility index (Phi) is 5.07. The summed E-state index contributed by atoms with van der Waals surface area (Å²) in [5.74, 6) is 2.29. The van der Waals surface area contributed by atoms with Crippen molar-refractivity contribution in [3.05, 3.63) is 27.1 Å². The molecule has 4 nitrogen and oxygen atoms in total. The molecule has 0 radical (unpaired) electrons. The number of hydrogen-bond acceptors (Lipinski definition) is 3. The molecule has 7 heteroatoms. The molecule has 3 rings (SSSR count). The lowest BCUT2D eigenvalue weighted by Gasteiger charge is -2.36. The van der Waals surface area contributed by atoms with Gasteiger partial charge < -0.3 is 4.43 Å². The molecule has 0 bridgehead atoms. The molecule has 0 N–H and O–H groups in total. The lowest BCUT2D eigenvalue weighted by molar-refractivity contribution is 0.149. The zero-order valence-corrected chi connectivity index (χ0v) is 18.1. The second kappa shape index (κ2) is 6.61. The predicted octanol–water partition coefficient (Wildman–Crippen LogP) is 4.65. The van der Waals surface area contributed by atoms with Crippen LogP contribution in [0.1, 0.15) is 45.4 Å². The van der Waals surface area contributed by atoms with Crippen LogP contribution < -0.4 is 0 Å². The van der Waals surface area contributed by atoms with E-state index >= 15 is 0 Å². The quantitative estimate of drug-likeness (QED) is 0.489. The van der Waals surface area contributed by atoms with Crippen LogP contribution in [0.5, 0.6) is 0 Å². The molecule has 1 saturated carbocycles. The topological polar surface area (TPSA) is 39.4 Å². The van der Waals surface area contributed by atoms with Gasteiger partial charge in [-0.1, -0.05) is 32.4 Å². The standard InChI is InChI=1S/C16H23ClIN3OSi/c1-16(2,3)23(4)22-9-10-7-11(8-10)15-20-14(18)12-13(17)19-5-6-21(12)15/h5-6,10-11,23H,7-9H2,1-4H3. The Morgan fingerprint density at radius 3 is 2.78 bits per heavy atom. The minimum atomic E-state index is -1.11. The van der Waals surface area contributed by atoms with E-state index in [1.165, 1.54) is 0 Å². The van der Waals surface area contributed by atoms with Crippen molar-refractivity contribution in [3.63, 3.8) is 0 Å². The van der Waals surface area contributed by atoms with E-state index in [9.17, 15) is 0 Å². The molecule has 1 aliphatic carbocycles. The summed E-state index contributed by atoms with van der Waals surface area (Å²) in [6.07, 6.45) is 6.01. The Hall–Kier alpha value is -0.183. The number of imidazole rings is 1. The molecule has 2 aromatic rings. The Morgan fingerprint density at radius 1 is 1.43 bits per heavy atom. The summed E-state index contributed by atoms with van der Waals surface area (Å²) in [6, 6.07) is 0. The summed E-state index contributed by atoms with van der Waals surface area (Å²) in [5.41, 5.74) is 0.929. The summed E-state index contributed by atoms with van der Waals surface area (Å²) < 4.78 is 9.22. The molecule has 0 amide bonds. The van der Waals surface area contributed by atoms with E-state index < -0.39 is 9.04 Å². The van der Waals surface area contributed by atoms with Gasteiger partial charge in [0.05, 0.1) is 0 Å². The first-order valence-corrected chi connectivity index (χ1v) is 11.7. The van der Waals surface area contributed by atoms with Gasteiger partial charge in [-0.25, -0.2) is 9.97 Å². The lowest BCUT2D eigenvalue weighted by Crippen LogP contribution is -2.33. The number of rotatable bonds is 4. The molecule has 1 aliphatic rings. The monoisotopic (exact) mass is 463 g/mol. The smallest absolute Gasteiger partial charge is 0.179 e. The van der Waals surface area contributed by atoms with Crippen LogP contribution in [0.25, 0.3) is 5.52 Å². The first kappa shape index (κ1) is 17.6. The zero-order chi connectivity index (χ0) is 16.8. The summed E-state index contributed by atoms with van der Waals surface area (Å²) in [5, 5.41) is 0.863. The highest BCUT2D eigenvalue weighted by atomic mass is 127. The number of hydrogen-bond donors (Lipinski definition) is 0. The van der Waals surface area contributed by atoms with Crippen molar-refractivity contribution in [2.24, 2.45) is 5.92 Å². The molecular formula is C16H23ClIN3OSi. The van der Waals surface area contributed by atoms with E-state index in [4.69, 9.17) is 21.0 Å². The fourth-order valence-electron chi connectivity index (χ4n) is 2.88. The molecule has 2 aromatic heterocycles. The van der Waals surface area contributed by atoms with Crippen LogP contribution in [0.2, 0.25) is 16.7 Å². The van der Waals surface area contributed by atoms with Crippen molar-refractivity contribution >= 4 is 48.7 Å². The Morgan fingerprint density at radius 2 is 2.13 bits per heavy atom. The van der Waals surface area contributed by atoms with Gasteiger partial charge in [0, 0.05) is 24.9 Å². The van der Waals surface area contributed by atoms with Gasteiger partial charge in [-0.05, 0) is 52.9 Å². The largest absolute Gasteiger partial charge is 0.420 e. The van der Waals surface area contributed by atoms with E-state index in [0.717, 1.165) is 34.5 Å². The van der Waals surface area contributed by atoms with Gasteiger partial charge in [0.1, 0.15) is 15.0 Å². The van der Waals surface area contributed by atoms with Crippen LogP contribution in [0.4, 0.5) is 0 Å². The third kappa shape index (κ3) is 3.60. The highest BCUT2D eigenvalue weighted by Gasteiger charge is 2.35. The van der Waals surface area contributed by atoms with Crippen LogP contribution in [0.15, 0.2) is 12.4 Å². The minimum absolute atomic E-state index is 0.336. The number of halogens is 2. The summed E-state index contributed by atoms with van der Waals surface area (Å²) in [7, 11) is -1.11. The zero-order valence-electron chi connectivity index (χ0n) is 14.0. The molecule has 0 aliphatic heterocycles. The van der Waals surface area contributed by atoms with Crippen molar-refractivity contribution in [2.75, 3.05) is 6.61 Å². The molecule has 1 fully saturated rings. The molecule has 2 heterocycles. The van der Waals surface area contributed by atoms with Gasteiger partial charge in [0.25, 0.3) is 0 Å². The van der Waals surface area contributed by atoms with Crippen molar-refractivity contribution in [3.8, 4) is 0 Å². The number of nitrogens with zero attached hydrogens (tertiary/aromatic N) is 3. The van der Waals surface area contributed by atoms with Crippen LogP contribution in [-0.2, 0) is 4.43 Å². The molecule has 0 spiro atoms. The summed E-state index contributed by atoms with van der Waals surface area (Å²) >= 11 is 8.45. The van der Waals surface area contributed by atoms with Crippen molar-refractivity contribution in [1.29, 1.82) is 0 Å². The van der Waals surface area contributed by atoms with Gasteiger partial charge in [-0.2, -0.15) is 0 Å². The van der Waals surface area contributed by atoms with E-state index in [0.29, 0.717) is 22.0 Å². The lowest BCUT2D eigenvalue weighted by atomic mass is 9.75. The van der Waals surface area contributed by atoms with Gasteiger partial charge in [-0.3, -0.25) is 4.40 Å². The van der Waals surface area contributed by atoms with E-state index in [-0.39, 0.29) is 0 Å². The van der Waals surface area contributed by atoms with Crippen molar-refractivity contribution in [1.82, 2.24) is 14.4 Å². The van der Waals surface area contributed by atoms with Crippen LogP contribution in [0.3, 0.4) is 0 Å². The van der Waals surface area contributed by atoms with Gasteiger partial charge in [0.15, 0.2) is 14.2 Å². The maximum atomic E-state index is 6.21. The second-order valence-corrected chi connectivity index (χ2v) is 12.3. The second-order valence-electron chi connectivity index (χ2n) is 7.57. The van der Waals surface area contributed by atoms with Gasteiger partial charge in [-0.15, -0.1) is 0 Å². The predicted molar refractivity (Wildman–Crippen MR) is 105 cm³/mol. The molecule has 0 aromatic carbocycles. The molecule has 126 valence electrons. The summed E-state index contributed by atoms with van der Waals surface area (Å²) in [4.78, 5) is 8.89. The Labute approximate surface area is 157 Å². The van der Waals surface area contributed by atoms with Crippen molar-refractivity contribution in [2.45, 2.75) is 51.1 Å². The van der Waals surface area contributed by atoms with Gasteiger partial charge in [0.2, 0.25) is 0 Å². The third-order valence-corrected chi connectivity index (χ3v) is 9.06. The Bertz CT molecular complexity index is 709. The first-order chi connectivity index (χ1) is 10.8. The van der Waals surface area contributed by atoms with Crippen LogP contribution in [-0.4, -0.2) is 30.0 Å². The third-order valence-electron chi connectivity index (χ3n) is 4.90. The average Bonchev–Trinajstić information content (AvgIpc) is 2.74. The van der Waals surface area contributed by atoms with Gasteiger partial charge >= 0.3 is 0 Å². The average molecular weight is 464 g/mol. The SMILES string of the molecule is C[SiH](OCC1CC(c2nc(I)c3c(Cl)nccn23)C1)C(C)(C)C.